The monoisotopic (exact) mass is 422 g/mol. The summed E-state index contributed by atoms with van der Waals surface area (Å²) < 4.78 is 21.0. The molecule has 1 fully saturated rings. The molecular formula is C23H23FN4O3. The Hall–Kier alpha value is -3.52. The van der Waals surface area contributed by atoms with Crippen LogP contribution >= 0.6 is 0 Å². The lowest BCUT2D eigenvalue weighted by molar-refractivity contribution is 0.0858. The maximum Gasteiger partial charge on any atom is 0.259 e. The molecule has 7 nitrogen and oxygen atoms in total. The van der Waals surface area contributed by atoms with Crippen molar-refractivity contribution >= 4 is 17.5 Å². The van der Waals surface area contributed by atoms with Gasteiger partial charge in [-0.3, -0.25) is 9.59 Å². The minimum Gasteiger partial charge on any atom is -0.376 e. The summed E-state index contributed by atoms with van der Waals surface area (Å²) in [5, 5.41) is 9.81. The summed E-state index contributed by atoms with van der Waals surface area (Å²) in [5.41, 5.74) is 1.78. The van der Waals surface area contributed by atoms with E-state index in [4.69, 9.17) is 4.74 Å². The number of ether oxygens (including phenoxy) is 1. The van der Waals surface area contributed by atoms with Crippen LogP contribution in [0.4, 0.5) is 10.1 Å². The van der Waals surface area contributed by atoms with Crippen molar-refractivity contribution in [3.05, 3.63) is 77.4 Å². The van der Waals surface area contributed by atoms with Gasteiger partial charge in [-0.1, -0.05) is 24.3 Å². The molecule has 160 valence electrons. The van der Waals surface area contributed by atoms with Gasteiger partial charge in [0.15, 0.2) is 0 Å². The van der Waals surface area contributed by atoms with Gasteiger partial charge < -0.3 is 15.4 Å². The van der Waals surface area contributed by atoms with Gasteiger partial charge in [-0.25, -0.2) is 9.07 Å². The summed E-state index contributed by atoms with van der Waals surface area (Å²) in [6.45, 7) is 2.83. The highest BCUT2D eigenvalue weighted by atomic mass is 19.1. The molecule has 0 bridgehead atoms. The van der Waals surface area contributed by atoms with Crippen molar-refractivity contribution < 1.29 is 18.7 Å². The third-order valence-corrected chi connectivity index (χ3v) is 5.27. The largest absolute Gasteiger partial charge is 0.376 e. The molecule has 1 saturated heterocycles. The third kappa shape index (κ3) is 4.49. The van der Waals surface area contributed by atoms with Gasteiger partial charge in [0.05, 0.1) is 34.8 Å². The number of aromatic nitrogens is 2. The van der Waals surface area contributed by atoms with E-state index < -0.39 is 11.7 Å². The molecule has 0 spiro atoms. The van der Waals surface area contributed by atoms with E-state index in [1.807, 2.05) is 0 Å². The summed E-state index contributed by atoms with van der Waals surface area (Å²) in [5.74, 6) is -1.15. The van der Waals surface area contributed by atoms with Crippen molar-refractivity contribution in [1.82, 2.24) is 15.1 Å². The number of rotatable bonds is 6. The molecule has 0 radical (unpaired) electrons. The highest BCUT2D eigenvalue weighted by Crippen LogP contribution is 2.20. The number of nitrogens with one attached hydrogen (secondary N) is 2. The van der Waals surface area contributed by atoms with Crippen molar-refractivity contribution in [2.24, 2.45) is 0 Å². The molecule has 2 aromatic carbocycles. The number of carbonyl (C=O) groups is 2. The first-order valence-electron chi connectivity index (χ1n) is 10.1. The number of nitrogens with zero attached hydrogens (tertiary/aromatic N) is 2. The van der Waals surface area contributed by atoms with Crippen molar-refractivity contribution in [3.8, 4) is 5.69 Å². The zero-order valence-electron chi connectivity index (χ0n) is 17.1. The minimum absolute atomic E-state index is 0.0255. The Morgan fingerprint density at radius 2 is 1.90 bits per heavy atom. The first-order valence-corrected chi connectivity index (χ1v) is 10.1. The molecule has 0 saturated carbocycles. The van der Waals surface area contributed by atoms with Crippen molar-refractivity contribution in [2.75, 3.05) is 18.5 Å². The van der Waals surface area contributed by atoms with Gasteiger partial charge in [-0.2, -0.15) is 5.10 Å². The summed E-state index contributed by atoms with van der Waals surface area (Å²) in [7, 11) is 0. The lowest BCUT2D eigenvalue weighted by Gasteiger charge is -2.14. The second-order valence-electron chi connectivity index (χ2n) is 7.35. The molecule has 4 rings (SSSR count). The number of hydrogen-bond acceptors (Lipinski definition) is 4. The topological polar surface area (TPSA) is 85.2 Å². The van der Waals surface area contributed by atoms with Gasteiger partial charge in [0.2, 0.25) is 0 Å². The van der Waals surface area contributed by atoms with E-state index in [1.165, 1.54) is 16.9 Å². The normalized spacial score (nSPS) is 15.6. The van der Waals surface area contributed by atoms with Gasteiger partial charge in [0.25, 0.3) is 11.8 Å². The number of hydrogen-bond donors (Lipinski definition) is 2. The third-order valence-electron chi connectivity index (χ3n) is 5.27. The number of carbonyl (C=O) groups excluding carboxylic acids is 2. The Morgan fingerprint density at radius 1 is 1.13 bits per heavy atom. The van der Waals surface area contributed by atoms with Gasteiger partial charge in [-0.05, 0) is 44.0 Å². The minimum atomic E-state index is -0.436. The van der Waals surface area contributed by atoms with Crippen LogP contribution in [0.2, 0.25) is 0 Å². The maximum atomic E-state index is 14.1. The fraction of sp³-hybridized carbons (Fsp3) is 0.261. The smallest absolute Gasteiger partial charge is 0.259 e. The highest BCUT2D eigenvalue weighted by molar-refractivity contribution is 6.09. The van der Waals surface area contributed by atoms with E-state index in [1.54, 1.807) is 49.4 Å². The molecule has 2 N–H and O–H groups in total. The van der Waals surface area contributed by atoms with Gasteiger partial charge in [0, 0.05) is 13.2 Å². The Balaban J connectivity index is 1.50. The predicted octanol–water partition coefficient (Wildman–Crippen LogP) is 3.48. The lowest BCUT2D eigenvalue weighted by atomic mass is 10.1. The first kappa shape index (κ1) is 20.7. The summed E-state index contributed by atoms with van der Waals surface area (Å²) in [6.07, 6.45) is 3.33. The zero-order chi connectivity index (χ0) is 21.8. The number of halogens is 1. The predicted molar refractivity (Wildman–Crippen MR) is 114 cm³/mol. The first-order chi connectivity index (χ1) is 15.0. The second kappa shape index (κ2) is 9.09. The van der Waals surface area contributed by atoms with Crippen molar-refractivity contribution in [2.45, 2.75) is 25.9 Å². The molecule has 0 aliphatic carbocycles. The van der Waals surface area contributed by atoms with Crippen LogP contribution in [0.15, 0.2) is 54.7 Å². The summed E-state index contributed by atoms with van der Waals surface area (Å²) >= 11 is 0. The van der Waals surface area contributed by atoms with E-state index in [9.17, 15) is 14.0 Å². The highest BCUT2D eigenvalue weighted by Gasteiger charge is 2.21. The lowest BCUT2D eigenvalue weighted by Crippen LogP contribution is -2.32. The van der Waals surface area contributed by atoms with E-state index >= 15 is 0 Å². The Kier molecular flexibility index (Phi) is 6.08. The molecule has 2 amide bonds. The van der Waals surface area contributed by atoms with Crippen LogP contribution in [-0.2, 0) is 4.74 Å². The second-order valence-corrected chi connectivity index (χ2v) is 7.35. The summed E-state index contributed by atoms with van der Waals surface area (Å²) in [4.78, 5) is 25.6. The Labute approximate surface area is 179 Å². The molecule has 31 heavy (non-hydrogen) atoms. The zero-order valence-corrected chi connectivity index (χ0v) is 17.1. The number of amides is 2. The molecule has 1 aromatic heterocycles. The van der Waals surface area contributed by atoms with Crippen LogP contribution in [0.25, 0.3) is 5.69 Å². The maximum absolute atomic E-state index is 14.1. The molecule has 8 heteroatoms. The standard InChI is InChI=1S/C23H23FN4O3/c1-15-18(14-26-28(15)21-11-5-3-9-19(21)24)23(30)27-20-10-4-2-8-17(20)22(29)25-13-16-7-6-12-31-16/h2-5,8-11,14,16H,6-7,12-13H2,1H3,(H,25,29)(H,27,30). The van der Waals surface area contributed by atoms with Crippen LogP contribution in [0, 0.1) is 12.7 Å². The van der Waals surface area contributed by atoms with Crippen molar-refractivity contribution in [1.29, 1.82) is 0 Å². The molecular weight excluding hydrogens is 399 g/mol. The van der Waals surface area contributed by atoms with E-state index in [0.29, 0.717) is 30.1 Å². The van der Waals surface area contributed by atoms with Gasteiger partial charge in [0.1, 0.15) is 11.5 Å². The molecule has 2 heterocycles. The number of para-hydroxylation sites is 2. The molecule has 1 unspecified atom stereocenters. The number of benzene rings is 2. The van der Waals surface area contributed by atoms with Crippen molar-refractivity contribution in [3.63, 3.8) is 0 Å². The van der Waals surface area contributed by atoms with Crippen LogP contribution in [-0.4, -0.2) is 40.9 Å². The van der Waals surface area contributed by atoms with Gasteiger partial charge in [-0.15, -0.1) is 0 Å². The fourth-order valence-corrected chi connectivity index (χ4v) is 3.59. The number of anilines is 1. The summed E-state index contributed by atoms with van der Waals surface area (Å²) in [6, 6.07) is 13.0. The van der Waals surface area contributed by atoms with Crippen LogP contribution < -0.4 is 10.6 Å². The Morgan fingerprint density at radius 3 is 2.68 bits per heavy atom. The fourth-order valence-electron chi connectivity index (χ4n) is 3.59. The average Bonchev–Trinajstić information content (AvgIpc) is 3.42. The van der Waals surface area contributed by atoms with Crippen LogP contribution in [0.3, 0.4) is 0 Å². The molecule has 1 aliphatic heterocycles. The molecule has 3 aromatic rings. The van der Waals surface area contributed by atoms with Crippen LogP contribution in [0.1, 0.15) is 39.3 Å². The van der Waals surface area contributed by atoms with Crippen LogP contribution in [0.5, 0.6) is 0 Å². The van der Waals surface area contributed by atoms with E-state index in [0.717, 1.165) is 12.8 Å². The average molecular weight is 422 g/mol. The SMILES string of the molecule is Cc1c(C(=O)Nc2ccccc2C(=O)NCC2CCCO2)cnn1-c1ccccc1F. The molecule has 1 aliphatic rings. The van der Waals surface area contributed by atoms with E-state index in [2.05, 4.69) is 15.7 Å². The van der Waals surface area contributed by atoms with Gasteiger partial charge >= 0.3 is 0 Å². The Bertz CT molecular complexity index is 1110. The van der Waals surface area contributed by atoms with E-state index in [-0.39, 0.29) is 23.3 Å². The molecule has 1 atom stereocenters. The quantitative estimate of drug-likeness (QED) is 0.637.